The summed E-state index contributed by atoms with van der Waals surface area (Å²) in [5.74, 6) is 0.975. The van der Waals surface area contributed by atoms with Crippen LogP contribution in [0.15, 0.2) is 30.9 Å². The number of benzene rings is 1. The average molecular weight is 247 g/mol. The number of hydrogen-bond acceptors (Lipinski definition) is 2. The smallest absolute Gasteiger partial charge is 0.122 e. The number of hydrogen-bond donors (Lipinski definition) is 1. The first-order chi connectivity index (χ1) is 8.65. The van der Waals surface area contributed by atoms with Gasteiger partial charge in [0.05, 0.1) is 6.61 Å². The van der Waals surface area contributed by atoms with Crippen molar-refractivity contribution in [1.82, 2.24) is 0 Å². The van der Waals surface area contributed by atoms with Gasteiger partial charge in [-0.15, -0.1) is 6.58 Å². The minimum Gasteiger partial charge on any atom is -0.493 e. The Balaban J connectivity index is 2.36. The molecule has 0 aliphatic rings. The lowest BCUT2D eigenvalue weighted by Gasteiger charge is -2.12. The second-order valence-electron chi connectivity index (χ2n) is 4.80. The fraction of sp³-hybridized carbons (Fsp3) is 0.500. The van der Waals surface area contributed by atoms with E-state index in [4.69, 9.17) is 10.5 Å². The summed E-state index contributed by atoms with van der Waals surface area (Å²) in [5, 5.41) is 0. The molecule has 0 saturated heterocycles. The van der Waals surface area contributed by atoms with E-state index in [-0.39, 0.29) is 6.04 Å². The van der Waals surface area contributed by atoms with Crippen molar-refractivity contribution in [1.29, 1.82) is 0 Å². The molecule has 0 bridgehead atoms. The highest BCUT2D eigenvalue weighted by atomic mass is 16.5. The monoisotopic (exact) mass is 247 g/mol. The molecule has 1 rings (SSSR count). The Morgan fingerprint density at radius 2 is 2.11 bits per heavy atom. The third-order valence-electron chi connectivity index (χ3n) is 3.03. The van der Waals surface area contributed by atoms with E-state index in [1.165, 1.54) is 12.8 Å². The molecule has 2 N–H and O–H groups in total. The lowest BCUT2D eigenvalue weighted by atomic mass is 10.1. The van der Waals surface area contributed by atoms with E-state index >= 15 is 0 Å². The maximum Gasteiger partial charge on any atom is 0.122 e. The predicted molar refractivity (Wildman–Crippen MR) is 77.9 cm³/mol. The molecule has 1 unspecified atom stereocenters. The second-order valence-corrected chi connectivity index (χ2v) is 4.80. The lowest BCUT2D eigenvalue weighted by molar-refractivity contribution is 0.303. The van der Waals surface area contributed by atoms with Crippen LogP contribution in [0.25, 0.3) is 0 Å². The molecule has 0 amide bonds. The molecule has 1 aromatic rings. The molecule has 0 aliphatic carbocycles. The highest BCUT2D eigenvalue weighted by molar-refractivity contribution is 5.37. The Morgan fingerprint density at radius 3 is 2.72 bits per heavy atom. The van der Waals surface area contributed by atoms with E-state index in [2.05, 4.69) is 19.6 Å². The molecule has 0 radical (unpaired) electrons. The van der Waals surface area contributed by atoms with Crippen LogP contribution in [0.2, 0.25) is 0 Å². The van der Waals surface area contributed by atoms with Gasteiger partial charge in [-0.3, -0.25) is 0 Å². The van der Waals surface area contributed by atoms with Gasteiger partial charge < -0.3 is 10.5 Å². The van der Waals surface area contributed by atoms with Gasteiger partial charge in [0, 0.05) is 6.04 Å². The van der Waals surface area contributed by atoms with Crippen LogP contribution in [-0.4, -0.2) is 6.61 Å². The summed E-state index contributed by atoms with van der Waals surface area (Å²) in [6, 6.07) is 6.26. The molecule has 0 fully saturated rings. The standard InChI is InChI=1S/C16H25NO/c1-4-5-6-7-8-11-18-16-10-9-15(14(3)17)12-13(16)2/h4,9-10,12,14H,1,5-8,11,17H2,2-3H3. The van der Waals surface area contributed by atoms with Gasteiger partial charge in [0.25, 0.3) is 0 Å². The maximum absolute atomic E-state index is 5.85. The van der Waals surface area contributed by atoms with Crippen molar-refractivity contribution in [3.05, 3.63) is 42.0 Å². The number of aryl methyl sites for hydroxylation is 1. The maximum atomic E-state index is 5.85. The molecule has 0 aromatic heterocycles. The zero-order valence-electron chi connectivity index (χ0n) is 11.6. The summed E-state index contributed by atoms with van der Waals surface area (Å²) >= 11 is 0. The SMILES string of the molecule is C=CCCCCCOc1ccc(C(C)N)cc1C. The van der Waals surface area contributed by atoms with Crippen LogP contribution in [0, 0.1) is 6.92 Å². The van der Waals surface area contributed by atoms with Crippen LogP contribution in [0.5, 0.6) is 5.75 Å². The third-order valence-corrected chi connectivity index (χ3v) is 3.03. The predicted octanol–water partition coefficient (Wildman–Crippen LogP) is 4.14. The zero-order valence-corrected chi connectivity index (χ0v) is 11.6. The van der Waals surface area contributed by atoms with Gasteiger partial charge in [0.15, 0.2) is 0 Å². The Labute approximate surface area is 111 Å². The third kappa shape index (κ3) is 4.92. The van der Waals surface area contributed by atoms with Gasteiger partial charge in [-0.05, 0) is 56.7 Å². The number of nitrogens with two attached hydrogens (primary N) is 1. The largest absolute Gasteiger partial charge is 0.493 e. The number of rotatable bonds is 8. The molecule has 0 aliphatic heterocycles. The molecular weight excluding hydrogens is 222 g/mol. The quantitative estimate of drug-likeness (QED) is 0.553. The van der Waals surface area contributed by atoms with Crippen LogP contribution in [0.1, 0.15) is 49.8 Å². The molecular formula is C16H25NO. The van der Waals surface area contributed by atoms with Crippen molar-refractivity contribution in [3.63, 3.8) is 0 Å². The number of unbranched alkanes of at least 4 members (excludes halogenated alkanes) is 3. The van der Waals surface area contributed by atoms with Crippen molar-refractivity contribution >= 4 is 0 Å². The lowest BCUT2D eigenvalue weighted by Crippen LogP contribution is -2.06. The molecule has 2 heteroatoms. The van der Waals surface area contributed by atoms with Gasteiger partial charge in [0.2, 0.25) is 0 Å². The highest BCUT2D eigenvalue weighted by Crippen LogP contribution is 2.22. The Morgan fingerprint density at radius 1 is 1.33 bits per heavy atom. The van der Waals surface area contributed by atoms with E-state index in [9.17, 15) is 0 Å². The topological polar surface area (TPSA) is 35.2 Å². The first-order valence-electron chi connectivity index (χ1n) is 6.75. The summed E-state index contributed by atoms with van der Waals surface area (Å²) in [6.07, 6.45) is 6.57. The van der Waals surface area contributed by atoms with E-state index < -0.39 is 0 Å². The first-order valence-corrected chi connectivity index (χ1v) is 6.75. The van der Waals surface area contributed by atoms with Gasteiger partial charge in [-0.2, -0.15) is 0 Å². The second kappa shape index (κ2) is 7.93. The molecule has 18 heavy (non-hydrogen) atoms. The number of ether oxygens (including phenoxy) is 1. The number of allylic oxidation sites excluding steroid dienone is 1. The van der Waals surface area contributed by atoms with E-state index in [0.717, 1.165) is 36.3 Å². The van der Waals surface area contributed by atoms with Gasteiger partial charge in [-0.1, -0.05) is 18.2 Å². The van der Waals surface area contributed by atoms with Crippen molar-refractivity contribution in [2.24, 2.45) is 5.73 Å². The van der Waals surface area contributed by atoms with Crippen LogP contribution in [-0.2, 0) is 0 Å². The fourth-order valence-corrected chi connectivity index (χ4v) is 1.87. The summed E-state index contributed by atoms with van der Waals surface area (Å²) in [6.45, 7) is 8.57. The minimum atomic E-state index is 0.0802. The summed E-state index contributed by atoms with van der Waals surface area (Å²) in [4.78, 5) is 0. The van der Waals surface area contributed by atoms with Crippen LogP contribution in [0.3, 0.4) is 0 Å². The summed E-state index contributed by atoms with van der Waals surface area (Å²) in [5.41, 5.74) is 8.17. The first kappa shape index (κ1) is 14.8. The molecule has 100 valence electrons. The molecule has 1 aromatic carbocycles. The normalized spacial score (nSPS) is 12.2. The molecule has 0 heterocycles. The van der Waals surface area contributed by atoms with Crippen LogP contribution < -0.4 is 10.5 Å². The molecule has 0 spiro atoms. The zero-order chi connectivity index (χ0) is 13.4. The van der Waals surface area contributed by atoms with Crippen LogP contribution >= 0.6 is 0 Å². The van der Waals surface area contributed by atoms with Crippen molar-refractivity contribution in [2.75, 3.05) is 6.61 Å². The highest BCUT2D eigenvalue weighted by Gasteiger charge is 2.04. The fourth-order valence-electron chi connectivity index (χ4n) is 1.87. The van der Waals surface area contributed by atoms with Crippen molar-refractivity contribution < 1.29 is 4.74 Å². The molecule has 2 nitrogen and oxygen atoms in total. The van der Waals surface area contributed by atoms with Gasteiger partial charge in [0.1, 0.15) is 5.75 Å². The minimum absolute atomic E-state index is 0.0802. The van der Waals surface area contributed by atoms with Crippen molar-refractivity contribution in [3.8, 4) is 5.75 Å². The van der Waals surface area contributed by atoms with E-state index in [0.29, 0.717) is 0 Å². The molecule has 1 atom stereocenters. The Bertz CT molecular complexity index is 371. The molecule has 0 saturated carbocycles. The van der Waals surface area contributed by atoms with Crippen molar-refractivity contribution in [2.45, 2.75) is 45.6 Å². The van der Waals surface area contributed by atoms with E-state index in [1.54, 1.807) is 0 Å². The summed E-state index contributed by atoms with van der Waals surface area (Å²) in [7, 11) is 0. The van der Waals surface area contributed by atoms with Gasteiger partial charge >= 0.3 is 0 Å². The Kier molecular flexibility index (Phi) is 6.51. The summed E-state index contributed by atoms with van der Waals surface area (Å²) < 4.78 is 5.79. The Hall–Kier alpha value is -1.28. The van der Waals surface area contributed by atoms with E-state index in [1.807, 2.05) is 25.1 Å². The average Bonchev–Trinajstić information content (AvgIpc) is 2.35. The van der Waals surface area contributed by atoms with Gasteiger partial charge in [-0.25, -0.2) is 0 Å². The van der Waals surface area contributed by atoms with Crippen LogP contribution in [0.4, 0.5) is 0 Å².